The number of nitrogens with zero attached hydrogens (tertiary/aromatic N) is 1. The molecule has 3 heteroatoms. The Bertz CT molecular complexity index is 686. The van der Waals surface area contributed by atoms with Gasteiger partial charge in [0.2, 0.25) is 0 Å². The van der Waals surface area contributed by atoms with Gasteiger partial charge in [-0.1, -0.05) is 74.0 Å². The number of amides is 2. The highest BCUT2D eigenvalue weighted by atomic mass is 16.2. The minimum atomic E-state index is -0.187. The van der Waals surface area contributed by atoms with Crippen molar-refractivity contribution in [2.45, 2.75) is 19.8 Å². The molecule has 23 heavy (non-hydrogen) atoms. The van der Waals surface area contributed by atoms with Crippen LogP contribution >= 0.6 is 0 Å². The summed E-state index contributed by atoms with van der Waals surface area (Å²) in [6.07, 6.45) is 1.76. The first-order valence-electron chi connectivity index (χ1n) is 7.95. The summed E-state index contributed by atoms with van der Waals surface area (Å²) in [4.78, 5) is 27.1. The van der Waals surface area contributed by atoms with Crippen LogP contribution in [0.3, 0.4) is 0 Å². The van der Waals surface area contributed by atoms with Gasteiger partial charge >= 0.3 is 0 Å². The van der Waals surface area contributed by atoms with E-state index in [0.717, 1.165) is 24.0 Å². The van der Waals surface area contributed by atoms with Crippen molar-refractivity contribution in [3.63, 3.8) is 0 Å². The highest BCUT2D eigenvalue weighted by molar-refractivity contribution is 6.48. The predicted octanol–water partition coefficient (Wildman–Crippen LogP) is 3.77. The van der Waals surface area contributed by atoms with Crippen LogP contribution < -0.4 is 0 Å². The first-order valence-corrected chi connectivity index (χ1v) is 7.95. The van der Waals surface area contributed by atoms with Crippen LogP contribution in [0.15, 0.2) is 60.7 Å². The Balaban J connectivity index is 2.13. The Hall–Kier alpha value is -2.68. The Morgan fingerprint density at radius 3 is 1.57 bits per heavy atom. The third kappa shape index (κ3) is 2.82. The molecule has 0 aliphatic carbocycles. The van der Waals surface area contributed by atoms with Crippen molar-refractivity contribution in [3.05, 3.63) is 71.8 Å². The van der Waals surface area contributed by atoms with E-state index in [1.807, 2.05) is 60.7 Å². The molecule has 1 aliphatic heterocycles. The lowest BCUT2D eigenvalue weighted by Gasteiger charge is -2.14. The molecule has 0 unspecified atom stereocenters. The van der Waals surface area contributed by atoms with Gasteiger partial charge in [-0.3, -0.25) is 14.5 Å². The Kier molecular flexibility index (Phi) is 4.38. The van der Waals surface area contributed by atoms with Crippen LogP contribution in [0.1, 0.15) is 30.9 Å². The van der Waals surface area contributed by atoms with Gasteiger partial charge in [-0.05, 0) is 17.5 Å². The van der Waals surface area contributed by atoms with Crippen LogP contribution in [0.4, 0.5) is 0 Å². The number of hydrogen-bond acceptors (Lipinski definition) is 2. The topological polar surface area (TPSA) is 37.4 Å². The zero-order valence-corrected chi connectivity index (χ0v) is 13.2. The van der Waals surface area contributed by atoms with Gasteiger partial charge in [0.1, 0.15) is 0 Å². The standard InChI is InChI=1S/C20H19NO2/c1-2-3-14-21-19(22)17(15-10-6-4-7-11-15)18(20(21)23)16-12-8-5-9-13-16/h4-13H,2-3,14H2,1H3. The van der Waals surface area contributed by atoms with Crippen LogP contribution in [0, 0.1) is 0 Å². The molecule has 1 aliphatic rings. The molecule has 116 valence electrons. The second-order valence-electron chi connectivity index (χ2n) is 5.60. The van der Waals surface area contributed by atoms with E-state index in [1.54, 1.807) is 0 Å². The van der Waals surface area contributed by atoms with Crippen LogP contribution in [0.5, 0.6) is 0 Å². The number of unbranched alkanes of at least 4 members (excludes halogenated alkanes) is 1. The molecule has 0 radical (unpaired) electrons. The lowest BCUT2D eigenvalue weighted by molar-refractivity contribution is -0.136. The largest absolute Gasteiger partial charge is 0.274 e. The van der Waals surface area contributed by atoms with Gasteiger partial charge in [0.15, 0.2) is 0 Å². The number of carbonyl (C=O) groups excluding carboxylic acids is 2. The number of rotatable bonds is 5. The van der Waals surface area contributed by atoms with Gasteiger partial charge in [0, 0.05) is 6.54 Å². The fourth-order valence-electron chi connectivity index (χ4n) is 2.84. The lowest BCUT2D eigenvalue weighted by Crippen LogP contribution is -2.32. The molecule has 2 amide bonds. The summed E-state index contributed by atoms with van der Waals surface area (Å²) >= 11 is 0. The van der Waals surface area contributed by atoms with Crippen molar-refractivity contribution in [3.8, 4) is 0 Å². The van der Waals surface area contributed by atoms with Crippen LogP contribution in [-0.2, 0) is 9.59 Å². The fraction of sp³-hybridized carbons (Fsp3) is 0.200. The van der Waals surface area contributed by atoms with Crippen LogP contribution in [0.25, 0.3) is 11.1 Å². The summed E-state index contributed by atoms with van der Waals surface area (Å²) in [7, 11) is 0. The second-order valence-corrected chi connectivity index (χ2v) is 5.60. The Morgan fingerprint density at radius 2 is 1.17 bits per heavy atom. The smallest absolute Gasteiger partial charge is 0.262 e. The summed E-state index contributed by atoms with van der Waals surface area (Å²) in [5, 5.41) is 0. The fourth-order valence-corrected chi connectivity index (χ4v) is 2.84. The summed E-state index contributed by atoms with van der Waals surface area (Å²) in [6.45, 7) is 2.52. The minimum absolute atomic E-state index is 0.187. The molecule has 0 saturated carbocycles. The van der Waals surface area contributed by atoms with E-state index in [2.05, 4.69) is 6.92 Å². The van der Waals surface area contributed by atoms with Crippen molar-refractivity contribution >= 4 is 23.0 Å². The highest BCUT2D eigenvalue weighted by Gasteiger charge is 2.38. The summed E-state index contributed by atoms with van der Waals surface area (Å²) in [6, 6.07) is 18.9. The van der Waals surface area contributed by atoms with Gasteiger partial charge in [0.05, 0.1) is 11.1 Å². The third-order valence-electron chi connectivity index (χ3n) is 4.03. The maximum Gasteiger partial charge on any atom is 0.262 e. The zero-order valence-electron chi connectivity index (χ0n) is 13.2. The summed E-state index contributed by atoms with van der Waals surface area (Å²) in [5.41, 5.74) is 2.61. The van der Waals surface area contributed by atoms with Crippen molar-refractivity contribution in [1.82, 2.24) is 4.90 Å². The van der Waals surface area contributed by atoms with Gasteiger partial charge in [-0.2, -0.15) is 0 Å². The minimum Gasteiger partial charge on any atom is -0.274 e. The van der Waals surface area contributed by atoms with Crippen molar-refractivity contribution < 1.29 is 9.59 Å². The molecule has 1 heterocycles. The van der Waals surface area contributed by atoms with Gasteiger partial charge in [0.25, 0.3) is 11.8 Å². The maximum atomic E-state index is 12.9. The lowest BCUT2D eigenvalue weighted by atomic mass is 9.96. The second kappa shape index (κ2) is 6.61. The zero-order chi connectivity index (χ0) is 16.2. The molecular formula is C20H19NO2. The monoisotopic (exact) mass is 305 g/mol. The molecule has 0 spiro atoms. The summed E-state index contributed by atoms with van der Waals surface area (Å²) < 4.78 is 0. The van der Waals surface area contributed by atoms with E-state index in [4.69, 9.17) is 0 Å². The average molecular weight is 305 g/mol. The van der Waals surface area contributed by atoms with E-state index >= 15 is 0 Å². The first-order chi connectivity index (χ1) is 11.2. The van der Waals surface area contributed by atoms with Crippen LogP contribution in [-0.4, -0.2) is 23.3 Å². The Labute approximate surface area is 136 Å². The maximum absolute atomic E-state index is 12.9. The number of imide groups is 1. The molecule has 3 nitrogen and oxygen atoms in total. The molecule has 2 aromatic carbocycles. The number of carbonyl (C=O) groups is 2. The van der Waals surface area contributed by atoms with Crippen molar-refractivity contribution in [2.24, 2.45) is 0 Å². The SMILES string of the molecule is CCCCN1C(=O)C(c2ccccc2)=C(c2ccccc2)C1=O. The highest BCUT2D eigenvalue weighted by Crippen LogP contribution is 2.35. The van der Waals surface area contributed by atoms with Crippen molar-refractivity contribution in [1.29, 1.82) is 0 Å². The molecular weight excluding hydrogens is 286 g/mol. The van der Waals surface area contributed by atoms with E-state index in [-0.39, 0.29) is 11.8 Å². The molecule has 2 aromatic rings. The van der Waals surface area contributed by atoms with Crippen LogP contribution in [0.2, 0.25) is 0 Å². The first kappa shape index (κ1) is 15.2. The molecule has 0 N–H and O–H groups in total. The molecule has 0 saturated heterocycles. The number of benzene rings is 2. The van der Waals surface area contributed by atoms with Crippen molar-refractivity contribution in [2.75, 3.05) is 6.54 Å². The van der Waals surface area contributed by atoms with E-state index in [0.29, 0.717) is 17.7 Å². The van der Waals surface area contributed by atoms with E-state index < -0.39 is 0 Å². The Morgan fingerprint density at radius 1 is 0.739 bits per heavy atom. The van der Waals surface area contributed by atoms with Gasteiger partial charge < -0.3 is 0 Å². The quantitative estimate of drug-likeness (QED) is 0.789. The van der Waals surface area contributed by atoms with Gasteiger partial charge in [-0.15, -0.1) is 0 Å². The van der Waals surface area contributed by atoms with E-state index in [9.17, 15) is 9.59 Å². The molecule has 0 fully saturated rings. The summed E-state index contributed by atoms with van der Waals surface area (Å²) in [5.74, 6) is -0.373. The predicted molar refractivity (Wildman–Crippen MR) is 91.3 cm³/mol. The number of hydrogen-bond donors (Lipinski definition) is 0. The normalized spacial score (nSPS) is 14.7. The van der Waals surface area contributed by atoms with Gasteiger partial charge in [-0.25, -0.2) is 0 Å². The third-order valence-corrected chi connectivity index (χ3v) is 4.03. The molecule has 0 atom stereocenters. The molecule has 0 aromatic heterocycles. The molecule has 0 bridgehead atoms. The molecule has 3 rings (SSSR count). The van der Waals surface area contributed by atoms with E-state index in [1.165, 1.54) is 4.90 Å². The average Bonchev–Trinajstić information content (AvgIpc) is 2.85.